The maximum atomic E-state index is 12.8. The van der Waals surface area contributed by atoms with Gasteiger partial charge in [0.15, 0.2) is 0 Å². The average Bonchev–Trinajstić information content (AvgIpc) is 3.90. The van der Waals surface area contributed by atoms with Gasteiger partial charge in [0, 0.05) is 43.2 Å². The maximum Gasteiger partial charge on any atom is 0.121 e. The molecule has 6 heteroatoms. The molecular formula is C62H58FIrN3O-2. The van der Waals surface area contributed by atoms with Crippen molar-refractivity contribution < 1.29 is 28.9 Å². The Hall–Kier alpha value is -6.46. The van der Waals surface area contributed by atoms with E-state index in [0.29, 0.717) is 0 Å². The molecule has 345 valence electrons. The van der Waals surface area contributed by atoms with E-state index >= 15 is 0 Å². The molecule has 0 aliphatic carbocycles. The van der Waals surface area contributed by atoms with Crippen molar-refractivity contribution in [1.82, 2.24) is 14.5 Å². The zero-order valence-corrected chi connectivity index (χ0v) is 43.0. The fourth-order valence-electron chi connectivity index (χ4n) is 8.85. The Bertz CT molecular complexity index is 3320. The van der Waals surface area contributed by atoms with Crippen LogP contribution in [0, 0.1) is 17.9 Å². The fraction of sp³-hybridized carbons (Fsp3) is 0.226. The number of benzene rings is 7. The molecule has 10 aromatic rings. The molecule has 7 aromatic carbocycles. The first-order chi connectivity index (χ1) is 32.0. The molecule has 4 nitrogen and oxygen atoms in total. The van der Waals surface area contributed by atoms with Gasteiger partial charge in [0.25, 0.3) is 0 Å². The predicted octanol–water partition coefficient (Wildman–Crippen LogP) is 17.3. The molecule has 0 atom stereocenters. The first kappa shape index (κ1) is 48.0. The second-order valence-corrected chi connectivity index (χ2v) is 20.3. The Kier molecular flexibility index (Phi) is 13.6. The molecule has 0 amide bonds. The standard InChI is InChI=1S/C47H43N2O.C15H15FN.Ir/c1-29(2)39-26-34(32-20-23-35(24-21-32)47(5,6)7)27-40(30(3)4)44(39)49-42-19-12-11-18-41(42)48-46(49)38-17-13-16-37-36-25-22-33(28-43(36)50-45(37)38)31-14-9-8-10-15-31;1-15(2,3)12-6-9-14(17-10-12)11-4-7-13(16)8-5-11;/h8-16,18-30H,1-7H3;4,6-10H,1-3H3;/q2*-1;. The minimum atomic E-state index is -0.278. The van der Waals surface area contributed by atoms with Crippen LogP contribution >= 0.6 is 0 Å². The molecule has 0 spiro atoms. The van der Waals surface area contributed by atoms with E-state index in [4.69, 9.17) is 9.40 Å². The third-order valence-corrected chi connectivity index (χ3v) is 12.7. The number of fused-ring (bicyclic) bond motifs is 4. The van der Waals surface area contributed by atoms with Gasteiger partial charge in [-0.15, -0.1) is 48.0 Å². The SMILES string of the molecule is CC(C)(C)c1ccc(-c2[c-]cc(F)cc2)nc1.CC(C)c1cc(-c2ccc(C(C)(C)C)cc2)cc(C(C)C)c1-n1c(-c2[c-]ccc3c2oc2cc(-c4ccccc4)ccc23)nc2ccccc21.[Ir]. The van der Waals surface area contributed by atoms with Crippen LogP contribution in [0.3, 0.4) is 0 Å². The third-order valence-electron chi connectivity index (χ3n) is 12.7. The van der Waals surface area contributed by atoms with Gasteiger partial charge in [-0.25, -0.2) is 0 Å². The molecule has 68 heavy (non-hydrogen) atoms. The summed E-state index contributed by atoms with van der Waals surface area (Å²) in [5, 5.41) is 2.15. The van der Waals surface area contributed by atoms with Crippen LogP contribution < -0.4 is 0 Å². The number of pyridine rings is 1. The summed E-state index contributed by atoms with van der Waals surface area (Å²) in [5.74, 6) is 1.10. The van der Waals surface area contributed by atoms with Crippen LogP contribution in [0.1, 0.15) is 103 Å². The summed E-state index contributed by atoms with van der Waals surface area (Å²) in [6, 6.07) is 58.4. The monoisotopic (exact) mass is 1070 g/mol. The summed E-state index contributed by atoms with van der Waals surface area (Å²) in [6.07, 6.45) is 1.87. The number of para-hydroxylation sites is 2. The number of hydrogen-bond acceptors (Lipinski definition) is 3. The molecule has 1 radical (unpaired) electrons. The van der Waals surface area contributed by atoms with Crippen molar-refractivity contribution in [2.24, 2.45) is 0 Å². The number of nitrogens with zero attached hydrogens (tertiary/aromatic N) is 3. The Morgan fingerprint density at radius 1 is 0.603 bits per heavy atom. The van der Waals surface area contributed by atoms with Crippen LogP contribution in [-0.2, 0) is 30.9 Å². The van der Waals surface area contributed by atoms with E-state index in [0.717, 1.165) is 61.2 Å². The van der Waals surface area contributed by atoms with Gasteiger partial charge in [0.2, 0.25) is 0 Å². The van der Waals surface area contributed by atoms with Crippen molar-refractivity contribution in [2.45, 2.75) is 91.9 Å². The number of imidazole rings is 1. The molecule has 0 fully saturated rings. The second-order valence-electron chi connectivity index (χ2n) is 20.3. The van der Waals surface area contributed by atoms with Crippen LogP contribution in [-0.4, -0.2) is 14.5 Å². The first-order valence-corrected chi connectivity index (χ1v) is 23.4. The Morgan fingerprint density at radius 2 is 1.24 bits per heavy atom. The van der Waals surface area contributed by atoms with Crippen molar-refractivity contribution in [3.05, 3.63) is 198 Å². The zero-order chi connectivity index (χ0) is 47.2. The summed E-state index contributed by atoms with van der Waals surface area (Å²) < 4.78 is 21.9. The third kappa shape index (κ3) is 9.63. The minimum absolute atomic E-state index is 0. The van der Waals surface area contributed by atoms with Gasteiger partial charge in [0.05, 0.1) is 22.4 Å². The maximum absolute atomic E-state index is 12.8. The van der Waals surface area contributed by atoms with Gasteiger partial charge in [-0.1, -0.05) is 171 Å². The Labute approximate surface area is 414 Å². The van der Waals surface area contributed by atoms with Crippen molar-refractivity contribution >= 4 is 33.0 Å². The predicted molar refractivity (Wildman–Crippen MR) is 278 cm³/mol. The number of furan rings is 1. The van der Waals surface area contributed by atoms with Crippen LogP contribution in [0.4, 0.5) is 4.39 Å². The Morgan fingerprint density at radius 3 is 1.85 bits per heavy atom. The zero-order valence-electron chi connectivity index (χ0n) is 40.6. The molecular weight excluding hydrogens is 1010 g/mol. The van der Waals surface area contributed by atoms with Gasteiger partial charge in [-0.05, 0) is 103 Å². The van der Waals surface area contributed by atoms with Gasteiger partial charge in [-0.2, -0.15) is 0 Å². The topological polar surface area (TPSA) is 43.9 Å². The van der Waals surface area contributed by atoms with Gasteiger partial charge >= 0.3 is 0 Å². The van der Waals surface area contributed by atoms with Crippen LogP contribution in [0.15, 0.2) is 162 Å². The average molecular weight is 1070 g/mol. The molecule has 0 N–H and O–H groups in total. The van der Waals surface area contributed by atoms with E-state index in [-0.39, 0.29) is 48.6 Å². The quantitative estimate of drug-likeness (QED) is 0.149. The Balaban J connectivity index is 0.000000293. The smallest absolute Gasteiger partial charge is 0.121 e. The summed E-state index contributed by atoms with van der Waals surface area (Å²) in [5.41, 5.74) is 17.5. The van der Waals surface area contributed by atoms with Crippen LogP contribution in [0.25, 0.3) is 83.6 Å². The molecule has 0 aliphatic rings. The first-order valence-electron chi connectivity index (χ1n) is 23.4. The number of halogens is 1. The largest absolute Gasteiger partial charge is 0.501 e. The van der Waals surface area contributed by atoms with Crippen molar-refractivity contribution in [2.75, 3.05) is 0 Å². The molecule has 3 heterocycles. The summed E-state index contributed by atoms with van der Waals surface area (Å²) in [6.45, 7) is 22.4. The number of hydrogen-bond donors (Lipinski definition) is 0. The number of aromatic nitrogens is 3. The normalized spacial score (nSPS) is 11.9. The van der Waals surface area contributed by atoms with E-state index in [9.17, 15) is 4.39 Å². The number of rotatable bonds is 7. The van der Waals surface area contributed by atoms with E-state index in [1.165, 1.54) is 56.8 Å². The van der Waals surface area contributed by atoms with Crippen molar-refractivity contribution in [1.29, 1.82) is 0 Å². The van der Waals surface area contributed by atoms with E-state index < -0.39 is 0 Å². The van der Waals surface area contributed by atoms with E-state index in [1.807, 2.05) is 24.4 Å². The molecule has 0 unspecified atom stereocenters. The van der Waals surface area contributed by atoms with Gasteiger partial charge in [-0.3, -0.25) is 9.37 Å². The van der Waals surface area contributed by atoms with Crippen LogP contribution in [0.2, 0.25) is 0 Å². The molecule has 0 aliphatic heterocycles. The summed E-state index contributed by atoms with van der Waals surface area (Å²) in [7, 11) is 0. The molecule has 3 aromatic heterocycles. The summed E-state index contributed by atoms with van der Waals surface area (Å²) in [4.78, 5) is 9.72. The van der Waals surface area contributed by atoms with E-state index in [1.54, 1.807) is 6.07 Å². The van der Waals surface area contributed by atoms with Gasteiger partial charge < -0.3 is 14.0 Å². The molecule has 10 rings (SSSR count). The van der Waals surface area contributed by atoms with E-state index in [2.05, 4.69) is 206 Å². The van der Waals surface area contributed by atoms with Crippen LogP contribution in [0.5, 0.6) is 0 Å². The van der Waals surface area contributed by atoms with Crippen molar-refractivity contribution in [3.63, 3.8) is 0 Å². The van der Waals surface area contributed by atoms with Gasteiger partial charge in [0.1, 0.15) is 5.58 Å². The minimum Gasteiger partial charge on any atom is -0.501 e. The van der Waals surface area contributed by atoms with Crippen molar-refractivity contribution in [3.8, 4) is 50.6 Å². The molecule has 0 saturated heterocycles. The fourth-order valence-corrected chi connectivity index (χ4v) is 8.85. The molecule has 0 saturated carbocycles. The second kappa shape index (κ2) is 19.3. The molecule has 0 bridgehead atoms. The summed E-state index contributed by atoms with van der Waals surface area (Å²) >= 11 is 0.